The van der Waals surface area contributed by atoms with Crippen molar-refractivity contribution in [3.05, 3.63) is 83.6 Å². The molecule has 4 rings (SSSR count). The van der Waals surface area contributed by atoms with E-state index in [2.05, 4.69) is 21.2 Å². The van der Waals surface area contributed by atoms with E-state index in [1.807, 2.05) is 54.6 Å². The lowest BCUT2D eigenvalue weighted by Gasteiger charge is -2.11. The molecule has 0 atom stereocenters. The predicted octanol–water partition coefficient (Wildman–Crippen LogP) is 5.80. The van der Waals surface area contributed by atoms with Gasteiger partial charge in [-0.1, -0.05) is 29.7 Å². The summed E-state index contributed by atoms with van der Waals surface area (Å²) in [6, 6.07) is 20.5. The second-order valence-corrected chi connectivity index (χ2v) is 6.25. The first kappa shape index (κ1) is 16.9. The van der Waals surface area contributed by atoms with Crippen molar-refractivity contribution in [2.75, 3.05) is 5.32 Å². The van der Waals surface area contributed by atoms with Crippen LogP contribution in [0.3, 0.4) is 0 Å². The minimum Gasteiger partial charge on any atom is -0.457 e. The fraction of sp³-hybridized carbons (Fsp3) is 0. The molecule has 0 radical (unpaired) electrons. The molecule has 5 heteroatoms. The standard InChI is InChI=1S/C22H14ClN3O/c1-2-15-5-3-7-17(11-15)26-22-20-13-19(9-10-21(20)24-14-25-22)27-18-8-4-6-16(23)12-18/h1,3-14H,(H,24,25,26). The van der Waals surface area contributed by atoms with Crippen LogP contribution in [0.4, 0.5) is 11.5 Å². The second kappa shape index (κ2) is 7.36. The molecule has 130 valence electrons. The summed E-state index contributed by atoms with van der Waals surface area (Å²) < 4.78 is 5.91. The number of ether oxygens (including phenoxy) is 1. The van der Waals surface area contributed by atoms with Crippen LogP contribution in [0.5, 0.6) is 11.5 Å². The summed E-state index contributed by atoms with van der Waals surface area (Å²) in [6.45, 7) is 0. The van der Waals surface area contributed by atoms with Gasteiger partial charge in [-0.3, -0.25) is 0 Å². The van der Waals surface area contributed by atoms with Gasteiger partial charge in [-0.05, 0) is 54.6 Å². The monoisotopic (exact) mass is 371 g/mol. The Morgan fingerprint density at radius 2 is 1.78 bits per heavy atom. The summed E-state index contributed by atoms with van der Waals surface area (Å²) >= 11 is 6.02. The van der Waals surface area contributed by atoms with Crippen molar-refractivity contribution >= 4 is 34.0 Å². The minimum absolute atomic E-state index is 0.618. The van der Waals surface area contributed by atoms with Gasteiger partial charge in [0.1, 0.15) is 23.6 Å². The smallest absolute Gasteiger partial charge is 0.141 e. The molecule has 3 aromatic carbocycles. The van der Waals surface area contributed by atoms with Gasteiger partial charge in [0.2, 0.25) is 0 Å². The molecule has 0 amide bonds. The molecule has 0 unspecified atom stereocenters. The van der Waals surface area contributed by atoms with Crippen molar-refractivity contribution in [3.63, 3.8) is 0 Å². The summed E-state index contributed by atoms with van der Waals surface area (Å²) in [6.07, 6.45) is 7.00. The van der Waals surface area contributed by atoms with Gasteiger partial charge < -0.3 is 10.1 Å². The average Bonchev–Trinajstić information content (AvgIpc) is 2.69. The lowest BCUT2D eigenvalue weighted by molar-refractivity contribution is 0.483. The number of hydrogen-bond acceptors (Lipinski definition) is 4. The number of halogens is 1. The van der Waals surface area contributed by atoms with Gasteiger partial charge >= 0.3 is 0 Å². The molecule has 0 aliphatic heterocycles. The van der Waals surface area contributed by atoms with Crippen LogP contribution < -0.4 is 10.1 Å². The SMILES string of the molecule is C#Cc1cccc(Nc2ncnc3ccc(Oc4cccc(Cl)c4)cc23)c1. The van der Waals surface area contributed by atoms with Crippen LogP contribution in [0, 0.1) is 12.3 Å². The van der Waals surface area contributed by atoms with Crippen molar-refractivity contribution in [3.8, 4) is 23.8 Å². The fourth-order valence-electron chi connectivity index (χ4n) is 2.69. The highest BCUT2D eigenvalue weighted by molar-refractivity contribution is 6.30. The molecule has 0 bridgehead atoms. The molecule has 27 heavy (non-hydrogen) atoms. The van der Waals surface area contributed by atoms with Crippen LogP contribution in [-0.2, 0) is 0 Å². The van der Waals surface area contributed by atoms with Crippen LogP contribution in [0.1, 0.15) is 5.56 Å². The number of terminal acetylenes is 1. The molecule has 1 N–H and O–H groups in total. The van der Waals surface area contributed by atoms with Gasteiger partial charge in [0, 0.05) is 21.7 Å². The van der Waals surface area contributed by atoms with Gasteiger partial charge in [-0.15, -0.1) is 6.42 Å². The Morgan fingerprint density at radius 3 is 2.63 bits per heavy atom. The average molecular weight is 372 g/mol. The zero-order chi connectivity index (χ0) is 18.6. The lowest BCUT2D eigenvalue weighted by Crippen LogP contribution is -1.96. The third-order valence-electron chi connectivity index (χ3n) is 3.93. The number of aromatic nitrogens is 2. The number of benzene rings is 3. The third-order valence-corrected chi connectivity index (χ3v) is 4.17. The van der Waals surface area contributed by atoms with Crippen LogP contribution in [0.2, 0.25) is 5.02 Å². The molecule has 0 aliphatic carbocycles. The number of nitrogens with one attached hydrogen (secondary N) is 1. The zero-order valence-electron chi connectivity index (χ0n) is 14.2. The number of anilines is 2. The van der Waals surface area contributed by atoms with E-state index in [9.17, 15) is 0 Å². The quantitative estimate of drug-likeness (QED) is 0.460. The minimum atomic E-state index is 0.618. The highest BCUT2D eigenvalue weighted by atomic mass is 35.5. The Morgan fingerprint density at radius 1 is 0.926 bits per heavy atom. The maximum absolute atomic E-state index is 6.02. The first-order chi connectivity index (χ1) is 13.2. The highest BCUT2D eigenvalue weighted by Crippen LogP contribution is 2.30. The number of fused-ring (bicyclic) bond motifs is 1. The van der Waals surface area contributed by atoms with Crippen molar-refractivity contribution in [1.29, 1.82) is 0 Å². The van der Waals surface area contributed by atoms with Crippen molar-refractivity contribution in [1.82, 2.24) is 9.97 Å². The second-order valence-electron chi connectivity index (χ2n) is 5.81. The van der Waals surface area contributed by atoms with Crippen molar-refractivity contribution < 1.29 is 4.74 Å². The summed E-state index contributed by atoms with van der Waals surface area (Å²) in [7, 11) is 0. The van der Waals surface area contributed by atoms with E-state index in [1.54, 1.807) is 12.1 Å². The Labute approximate surface area is 161 Å². The van der Waals surface area contributed by atoms with Gasteiger partial charge in [0.15, 0.2) is 0 Å². The summed E-state index contributed by atoms with van der Waals surface area (Å²) in [5.74, 6) is 4.63. The van der Waals surface area contributed by atoms with E-state index in [4.69, 9.17) is 22.8 Å². The van der Waals surface area contributed by atoms with E-state index in [0.29, 0.717) is 22.3 Å². The zero-order valence-corrected chi connectivity index (χ0v) is 14.9. The largest absolute Gasteiger partial charge is 0.457 e. The Balaban J connectivity index is 1.69. The van der Waals surface area contributed by atoms with E-state index in [1.165, 1.54) is 6.33 Å². The molecule has 1 aromatic heterocycles. The maximum Gasteiger partial charge on any atom is 0.141 e. The normalized spacial score (nSPS) is 10.4. The van der Waals surface area contributed by atoms with E-state index in [0.717, 1.165) is 22.2 Å². The van der Waals surface area contributed by atoms with Crippen LogP contribution in [-0.4, -0.2) is 9.97 Å². The molecular formula is C22H14ClN3O. The Bertz CT molecular complexity index is 1170. The predicted molar refractivity (Wildman–Crippen MR) is 109 cm³/mol. The van der Waals surface area contributed by atoms with E-state index in [-0.39, 0.29) is 0 Å². The topological polar surface area (TPSA) is 47.0 Å². The molecule has 0 saturated carbocycles. The molecular weight excluding hydrogens is 358 g/mol. The van der Waals surface area contributed by atoms with E-state index >= 15 is 0 Å². The Kier molecular flexibility index (Phi) is 4.61. The highest BCUT2D eigenvalue weighted by Gasteiger charge is 2.07. The van der Waals surface area contributed by atoms with Crippen molar-refractivity contribution in [2.24, 2.45) is 0 Å². The Hall–Kier alpha value is -3.55. The molecule has 0 spiro atoms. The molecule has 4 aromatic rings. The molecule has 0 fully saturated rings. The first-order valence-corrected chi connectivity index (χ1v) is 8.61. The summed E-state index contributed by atoms with van der Waals surface area (Å²) in [5.41, 5.74) is 2.45. The fourth-order valence-corrected chi connectivity index (χ4v) is 2.87. The molecule has 4 nitrogen and oxygen atoms in total. The third kappa shape index (κ3) is 3.84. The maximum atomic E-state index is 6.02. The summed E-state index contributed by atoms with van der Waals surface area (Å²) in [4.78, 5) is 8.69. The van der Waals surface area contributed by atoms with Crippen LogP contribution in [0.15, 0.2) is 73.1 Å². The van der Waals surface area contributed by atoms with E-state index < -0.39 is 0 Å². The first-order valence-electron chi connectivity index (χ1n) is 8.23. The van der Waals surface area contributed by atoms with Gasteiger partial charge in [0.05, 0.1) is 5.52 Å². The lowest BCUT2D eigenvalue weighted by atomic mass is 10.2. The molecule has 0 saturated heterocycles. The van der Waals surface area contributed by atoms with Crippen LogP contribution >= 0.6 is 11.6 Å². The van der Waals surface area contributed by atoms with Gasteiger partial charge in [0.25, 0.3) is 0 Å². The van der Waals surface area contributed by atoms with Gasteiger partial charge in [-0.25, -0.2) is 9.97 Å². The number of nitrogens with zero attached hydrogens (tertiary/aromatic N) is 2. The molecule has 1 heterocycles. The molecule has 0 aliphatic rings. The van der Waals surface area contributed by atoms with Crippen molar-refractivity contribution in [2.45, 2.75) is 0 Å². The number of rotatable bonds is 4. The number of hydrogen-bond donors (Lipinski definition) is 1. The van der Waals surface area contributed by atoms with Crippen LogP contribution in [0.25, 0.3) is 10.9 Å². The summed E-state index contributed by atoms with van der Waals surface area (Å²) in [5, 5.41) is 4.75. The van der Waals surface area contributed by atoms with Gasteiger partial charge in [-0.2, -0.15) is 0 Å².